The Morgan fingerprint density at radius 1 is 1.10 bits per heavy atom. The molecule has 1 aliphatic rings. The van der Waals surface area contributed by atoms with Crippen molar-refractivity contribution in [3.05, 3.63) is 104 Å². The number of aliphatic carboxylic acids is 1. The van der Waals surface area contributed by atoms with Crippen LogP contribution in [0.25, 0.3) is 0 Å². The summed E-state index contributed by atoms with van der Waals surface area (Å²) in [5, 5.41) is 10.7. The molecule has 3 aromatic rings. The quantitative estimate of drug-likeness (QED) is 0.281. The number of piperidine rings is 1. The van der Waals surface area contributed by atoms with Gasteiger partial charge in [0.15, 0.2) is 0 Å². The molecule has 0 aliphatic carbocycles. The number of hydrogen-bond donors (Lipinski definition) is 1. The predicted octanol–water partition coefficient (Wildman–Crippen LogP) is 6.80. The first-order valence-electron chi connectivity index (χ1n) is 13.1. The molecule has 0 spiro atoms. The highest BCUT2D eigenvalue weighted by atomic mass is 35.5. The van der Waals surface area contributed by atoms with Crippen molar-refractivity contribution in [1.29, 1.82) is 0 Å². The van der Waals surface area contributed by atoms with Gasteiger partial charge in [-0.3, -0.25) is 14.4 Å². The van der Waals surface area contributed by atoms with Gasteiger partial charge in [0.25, 0.3) is 5.56 Å². The first-order chi connectivity index (χ1) is 19.8. The van der Waals surface area contributed by atoms with Crippen molar-refractivity contribution in [2.45, 2.75) is 56.9 Å². The molecule has 6 nitrogen and oxygen atoms in total. The third-order valence-electron chi connectivity index (χ3n) is 7.69. The molecular weight excluding hydrogens is 592 g/mol. The van der Waals surface area contributed by atoms with E-state index in [9.17, 15) is 32.7 Å². The first-order valence-corrected chi connectivity index (χ1v) is 13.9. The van der Waals surface area contributed by atoms with Gasteiger partial charge < -0.3 is 14.6 Å². The van der Waals surface area contributed by atoms with E-state index in [0.717, 1.165) is 16.8 Å². The molecule has 0 unspecified atom stereocenters. The van der Waals surface area contributed by atoms with Crippen LogP contribution in [-0.2, 0) is 22.3 Å². The maximum absolute atomic E-state index is 14.4. The van der Waals surface area contributed by atoms with Crippen LogP contribution >= 0.6 is 23.2 Å². The highest BCUT2D eigenvalue weighted by Gasteiger charge is 2.54. The van der Waals surface area contributed by atoms with Crippen LogP contribution in [-0.4, -0.2) is 32.5 Å². The first kappa shape index (κ1) is 31.2. The normalized spacial score (nSPS) is 21.5. The molecule has 1 N–H and O–H groups in total. The number of rotatable bonds is 8. The molecule has 4 rings (SSSR count). The van der Waals surface area contributed by atoms with E-state index in [-0.39, 0.29) is 19.4 Å². The Bertz CT molecular complexity index is 1580. The maximum atomic E-state index is 14.4. The summed E-state index contributed by atoms with van der Waals surface area (Å²) in [5.41, 5.74) is -2.14. The van der Waals surface area contributed by atoms with Crippen molar-refractivity contribution in [3.8, 4) is 12.3 Å². The second-order valence-electron chi connectivity index (χ2n) is 10.3. The summed E-state index contributed by atoms with van der Waals surface area (Å²) in [7, 11) is 0. The van der Waals surface area contributed by atoms with Gasteiger partial charge in [0.05, 0.1) is 24.1 Å². The van der Waals surface area contributed by atoms with Crippen LogP contribution in [0.4, 0.5) is 13.2 Å². The fourth-order valence-electron chi connectivity index (χ4n) is 5.69. The van der Waals surface area contributed by atoms with Crippen molar-refractivity contribution < 1.29 is 27.9 Å². The van der Waals surface area contributed by atoms with E-state index in [1.165, 1.54) is 4.90 Å². The molecule has 1 aromatic heterocycles. The zero-order valence-corrected chi connectivity index (χ0v) is 24.0. The molecule has 0 saturated carbocycles. The van der Waals surface area contributed by atoms with E-state index in [1.807, 2.05) is 0 Å². The number of benzene rings is 2. The lowest BCUT2D eigenvalue weighted by Crippen LogP contribution is -2.57. The van der Waals surface area contributed by atoms with Gasteiger partial charge in [0, 0.05) is 34.8 Å². The Morgan fingerprint density at radius 3 is 2.36 bits per heavy atom. The van der Waals surface area contributed by atoms with Crippen LogP contribution in [0.5, 0.6) is 0 Å². The number of amides is 1. The monoisotopic (exact) mass is 618 g/mol. The molecular formula is C31H27Cl2F3N2O4. The SMILES string of the molecule is C#C[C@]1(CC(=O)O)C[C@H](c2cccc(Cl)c2)[C@@H](c2ccc(Cl)cc2)N([C@@H](CC)Cn2cc(C(F)(F)F)ccc2=O)C1=O. The van der Waals surface area contributed by atoms with Crippen molar-refractivity contribution in [1.82, 2.24) is 9.47 Å². The Hall–Kier alpha value is -3.74. The van der Waals surface area contributed by atoms with Gasteiger partial charge in [0.1, 0.15) is 5.41 Å². The van der Waals surface area contributed by atoms with Gasteiger partial charge in [0.2, 0.25) is 5.91 Å². The van der Waals surface area contributed by atoms with Crippen LogP contribution in [0.15, 0.2) is 71.7 Å². The summed E-state index contributed by atoms with van der Waals surface area (Å²) >= 11 is 12.5. The van der Waals surface area contributed by atoms with Gasteiger partial charge in [-0.15, -0.1) is 6.42 Å². The average molecular weight is 619 g/mol. The number of terminal acetylenes is 1. The van der Waals surface area contributed by atoms with Gasteiger partial charge in [-0.05, 0) is 54.3 Å². The fourth-order valence-corrected chi connectivity index (χ4v) is 6.01. The molecule has 0 radical (unpaired) electrons. The van der Waals surface area contributed by atoms with E-state index in [2.05, 4.69) is 5.92 Å². The summed E-state index contributed by atoms with van der Waals surface area (Å²) in [6.07, 6.45) is 1.47. The van der Waals surface area contributed by atoms with E-state index in [1.54, 1.807) is 55.5 Å². The van der Waals surface area contributed by atoms with E-state index < -0.39 is 59.0 Å². The van der Waals surface area contributed by atoms with Crippen molar-refractivity contribution in [3.63, 3.8) is 0 Å². The number of halogens is 5. The zero-order valence-electron chi connectivity index (χ0n) is 22.4. The summed E-state index contributed by atoms with van der Waals surface area (Å²) in [6.45, 7) is 1.44. The highest BCUT2D eigenvalue weighted by molar-refractivity contribution is 6.30. The standard InChI is InChI=1S/C31H27Cl2F3N2O4/c1-3-24(18-37-17-21(31(34,35)36)10-13-26(37)39)38-28(19-8-11-22(32)12-9-19)25(20-6-5-7-23(33)14-20)15-30(4-2,29(38)42)16-27(40)41/h2,5-14,17,24-25,28H,3,15-16,18H2,1H3,(H,40,41)/t24-,25+,28+,30+/m0/s1. The second kappa shape index (κ2) is 12.2. The van der Waals surface area contributed by atoms with Crippen LogP contribution < -0.4 is 5.56 Å². The number of aromatic nitrogens is 1. The molecule has 11 heteroatoms. The number of nitrogens with zero attached hydrogens (tertiary/aromatic N) is 2. The van der Waals surface area contributed by atoms with Crippen molar-refractivity contribution >= 4 is 35.1 Å². The second-order valence-corrected chi connectivity index (χ2v) is 11.2. The van der Waals surface area contributed by atoms with E-state index in [4.69, 9.17) is 29.6 Å². The van der Waals surface area contributed by atoms with Gasteiger partial charge in [-0.25, -0.2) is 0 Å². The number of carboxylic acid groups (broad SMARTS) is 1. The molecule has 1 aliphatic heterocycles. The number of pyridine rings is 1. The van der Waals surface area contributed by atoms with Crippen molar-refractivity contribution in [2.24, 2.45) is 5.41 Å². The Morgan fingerprint density at radius 2 is 1.79 bits per heavy atom. The number of likely N-dealkylation sites (tertiary alicyclic amines) is 1. The van der Waals surface area contributed by atoms with Crippen LogP contribution in [0.1, 0.15) is 54.8 Å². The van der Waals surface area contributed by atoms with Gasteiger partial charge >= 0.3 is 12.1 Å². The minimum Gasteiger partial charge on any atom is -0.481 e. The molecule has 0 bridgehead atoms. The van der Waals surface area contributed by atoms with Crippen LogP contribution in [0.3, 0.4) is 0 Å². The topological polar surface area (TPSA) is 79.6 Å². The molecule has 220 valence electrons. The lowest BCUT2D eigenvalue weighted by Gasteiger charge is -2.51. The number of alkyl halides is 3. The van der Waals surface area contributed by atoms with Gasteiger partial charge in [-0.2, -0.15) is 13.2 Å². The molecule has 42 heavy (non-hydrogen) atoms. The third kappa shape index (κ3) is 6.35. The molecule has 1 saturated heterocycles. The summed E-state index contributed by atoms with van der Waals surface area (Å²) in [4.78, 5) is 40.6. The molecule has 2 aromatic carbocycles. The summed E-state index contributed by atoms with van der Waals surface area (Å²) in [5.74, 6) is -0.0353. The highest BCUT2D eigenvalue weighted by Crippen LogP contribution is 2.52. The summed E-state index contributed by atoms with van der Waals surface area (Å²) < 4.78 is 41.5. The molecule has 1 amide bonds. The van der Waals surface area contributed by atoms with Crippen LogP contribution in [0.2, 0.25) is 10.0 Å². The number of hydrogen-bond acceptors (Lipinski definition) is 3. The van der Waals surface area contributed by atoms with Crippen molar-refractivity contribution in [2.75, 3.05) is 0 Å². The Labute approximate surface area is 250 Å². The smallest absolute Gasteiger partial charge is 0.417 e. The number of carbonyl (C=O) groups excluding carboxylic acids is 1. The lowest BCUT2D eigenvalue weighted by atomic mass is 9.66. The van der Waals surface area contributed by atoms with E-state index in [0.29, 0.717) is 27.2 Å². The average Bonchev–Trinajstić information content (AvgIpc) is 2.93. The Balaban J connectivity index is 1.95. The number of carboxylic acids is 1. The van der Waals surface area contributed by atoms with Crippen LogP contribution in [0, 0.1) is 17.8 Å². The minimum absolute atomic E-state index is 0.0291. The number of carbonyl (C=O) groups is 2. The Kier molecular flexibility index (Phi) is 9.09. The maximum Gasteiger partial charge on any atom is 0.417 e. The fraction of sp³-hybridized carbons (Fsp3) is 0.323. The molecule has 4 atom stereocenters. The third-order valence-corrected chi connectivity index (χ3v) is 8.18. The summed E-state index contributed by atoms with van der Waals surface area (Å²) in [6, 6.07) is 13.6. The van der Waals surface area contributed by atoms with Gasteiger partial charge in [-0.1, -0.05) is 60.3 Å². The molecule has 1 fully saturated rings. The zero-order chi connectivity index (χ0) is 30.8. The molecule has 2 heterocycles. The predicted molar refractivity (Wildman–Crippen MR) is 153 cm³/mol. The lowest BCUT2D eigenvalue weighted by molar-refractivity contribution is -0.157. The largest absolute Gasteiger partial charge is 0.481 e. The van der Waals surface area contributed by atoms with E-state index >= 15 is 0 Å². The minimum atomic E-state index is -4.69.